The average Bonchev–Trinajstić information content (AvgIpc) is 2.96. The first-order chi connectivity index (χ1) is 10.3. The summed E-state index contributed by atoms with van der Waals surface area (Å²) in [6.45, 7) is 1.86. The van der Waals surface area contributed by atoms with Crippen molar-refractivity contribution in [2.45, 2.75) is 37.5 Å². The molecule has 1 aliphatic carbocycles. The zero-order valence-corrected chi connectivity index (χ0v) is 12.2. The molecule has 0 amide bonds. The summed E-state index contributed by atoms with van der Waals surface area (Å²) in [6, 6.07) is 3.96. The number of hydrogen-bond acceptors (Lipinski definition) is 4. The molecule has 0 bridgehead atoms. The van der Waals surface area contributed by atoms with Gasteiger partial charge in [0.1, 0.15) is 19.0 Å². The number of ether oxygens (including phenoxy) is 2. The molecule has 0 saturated heterocycles. The number of imidazole rings is 1. The Kier molecular flexibility index (Phi) is 3.03. The Morgan fingerprint density at radius 2 is 1.81 bits per heavy atom. The molecular formula is C16H21N3O2. The van der Waals surface area contributed by atoms with Gasteiger partial charge in [-0.05, 0) is 12.8 Å². The van der Waals surface area contributed by atoms with Crippen LogP contribution in [0.4, 0.5) is 0 Å². The molecule has 3 N–H and O–H groups in total. The third kappa shape index (κ3) is 2.07. The standard InChI is InChI=1S/C16H21N3O2/c17-10-16(4-2-1-3-5-16)15-18-11-8-13-14(9-12(11)19-15)21-7-6-20-13/h8-9H,1-7,10,17H2,(H,18,19). The number of fused-ring (bicyclic) bond motifs is 2. The highest BCUT2D eigenvalue weighted by molar-refractivity contribution is 5.80. The number of aromatic nitrogens is 2. The average molecular weight is 287 g/mol. The number of nitrogens with two attached hydrogens (primary N) is 1. The summed E-state index contributed by atoms with van der Waals surface area (Å²) in [4.78, 5) is 8.30. The molecule has 4 rings (SSSR count). The second-order valence-electron chi connectivity index (χ2n) is 6.14. The maximum Gasteiger partial charge on any atom is 0.163 e. The number of H-pyrrole nitrogens is 1. The van der Waals surface area contributed by atoms with Crippen LogP contribution in [0.1, 0.15) is 37.9 Å². The van der Waals surface area contributed by atoms with Crippen LogP contribution >= 0.6 is 0 Å². The smallest absolute Gasteiger partial charge is 0.163 e. The maximum atomic E-state index is 6.10. The van der Waals surface area contributed by atoms with Crippen LogP contribution in [0.3, 0.4) is 0 Å². The van der Waals surface area contributed by atoms with Crippen molar-refractivity contribution in [3.63, 3.8) is 0 Å². The van der Waals surface area contributed by atoms with Crippen molar-refractivity contribution in [3.05, 3.63) is 18.0 Å². The monoisotopic (exact) mass is 287 g/mol. The molecule has 21 heavy (non-hydrogen) atoms. The minimum atomic E-state index is 0.0134. The minimum absolute atomic E-state index is 0.0134. The largest absolute Gasteiger partial charge is 0.486 e. The van der Waals surface area contributed by atoms with E-state index < -0.39 is 0 Å². The van der Waals surface area contributed by atoms with Crippen LogP contribution in [0, 0.1) is 0 Å². The van der Waals surface area contributed by atoms with Crippen molar-refractivity contribution in [2.24, 2.45) is 5.73 Å². The van der Waals surface area contributed by atoms with Crippen molar-refractivity contribution in [1.29, 1.82) is 0 Å². The first kappa shape index (κ1) is 13.0. The van der Waals surface area contributed by atoms with Crippen LogP contribution < -0.4 is 15.2 Å². The summed E-state index contributed by atoms with van der Waals surface area (Å²) < 4.78 is 11.3. The highest BCUT2D eigenvalue weighted by Crippen LogP contribution is 2.39. The molecule has 0 atom stereocenters. The fraction of sp³-hybridized carbons (Fsp3) is 0.562. The molecule has 2 aliphatic rings. The first-order valence-corrected chi connectivity index (χ1v) is 7.81. The lowest BCUT2D eigenvalue weighted by Crippen LogP contribution is -2.38. The van der Waals surface area contributed by atoms with Gasteiger partial charge in [0, 0.05) is 24.1 Å². The highest BCUT2D eigenvalue weighted by Gasteiger charge is 2.35. The molecule has 1 aromatic carbocycles. The van der Waals surface area contributed by atoms with Crippen LogP contribution in [0.25, 0.3) is 11.0 Å². The van der Waals surface area contributed by atoms with Gasteiger partial charge in [0.15, 0.2) is 11.5 Å². The zero-order chi connectivity index (χ0) is 14.3. The van der Waals surface area contributed by atoms with Gasteiger partial charge in [-0.2, -0.15) is 0 Å². The van der Waals surface area contributed by atoms with E-state index in [4.69, 9.17) is 20.2 Å². The molecule has 0 unspecified atom stereocenters. The number of rotatable bonds is 2. The van der Waals surface area contributed by atoms with E-state index in [1.807, 2.05) is 12.1 Å². The second kappa shape index (κ2) is 4.91. The van der Waals surface area contributed by atoms with Gasteiger partial charge < -0.3 is 20.2 Å². The van der Waals surface area contributed by atoms with Crippen molar-refractivity contribution in [1.82, 2.24) is 9.97 Å². The Balaban J connectivity index is 1.79. The van der Waals surface area contributed by atoms with Crippen LogP contribution in [0.5, 0.6) is 11.5 Å². The van der Waals surface area contributed by atoms with Crippen LogP contribution in [-0.4, -0.2) is 29.7 Å². The van der Waals surface area contributed by atoms with Crippen molar-refractivity contribution in [2.75, 3.05) is 19.8 Å². The molecule has 0 radical (unpaired) electrons. The number of aromatic amines is 1. The van der Waals surface area contributed by atoms with E-state index in [-0.39, 0.29) is 5.41 Å². The summed E-state index contributed by atoms with van der Waals surface area (Å²) in [5.74, 6) is 2.62. The van der Waals surface area contributed by atoms with E-state index in [0.717, 1.165) is 41.2 Å². The fourth-order valence-electron chi connectivity index (χ4n) is 3.56. The molecule has 1 saturated carbocycles. The SMILES string of the molecule is NCC1(c2nc3cc4c(cc3[nH]2)OCCO4)CCCCC1. The lowest BCUT2D eigenvalue weighted by atomic mass is 9.73. The van der Waals surface area contributed by atoms with Gasteiger partial charge in [0.05, 0.1) is 11.0 Å². The molecule has 2 aromatic rings. The van der Waals surface area contributed by atoms with E-state index in [2.05, 4.69) is 4.98 Å². The minimum Gasteiger partial charge on any atom is -0.486 e. The van der Waals surface area contributed by atoms with Gasteiger partial charge in [-0.3, -0.25) is 0 Å². The normalized spacial score (nSPS) is 20.6. The zero-order valence-electron chi connectivity index (χ0n) is 12.2. The lowest BCUT2D eigenvalue weighted by molar-refractivity contribution is 0.172. The Hall–Kier alpha value is -1.75. The maximum absolute atomic E-state index is 6.10. The summed E-state index contributed by atoms with van der Waals surface area (Å²) in [5, 5.41) is 0. The summed E-state index contributed by atoms with van der Waals surface area (Å²) in [6.07, 6.45) is 6.01. The molecular weight excluding hydrogens is 266 g/mol. The van der Waals surface area contributed by atoms with E-state index in [9.17, 15) is 0 Å². The van der Waals surface area contributed by atoms with E-state index in [1.54, 1.807) is 0 Å². The van der Waals surface area contributed by atoms with E-state index in [0.29, 0.717) is 19.8 Å². The molecule has 112 valence electrons. The summed E-state index contributed by atoms with van der Waals surface area (Å²) >= 11 is 0. The van der Waals surface area contributed by atoms with Crippen molar-refractivity contribution >= 4 is 11.0 Å². The molecule has 1 aliphatic heterocycles. The quantitative estimate of drug-likeness (QED) is 0.890. The number of benzene rings is 1. The topological polar surface area (TPSA) is 73.2 Å². The predicted molar refractivity (Wildman–Crippen MR) is 80.9 cm³/mol. The van der Waals surface area contributed by atoms with E-state index in [1.165, 1.54) is 19.3 Å². The van der Waals surface area contributed by atoms with Gasteiger partial charge in [-0.25, -0.2) is 4.98 Å². The van der Waals surface area contributed by atoms with E-state index >= 15 is 0 Å². The molecule has 2 heterocycles. The van der Waals surface area contributed by atoms with Crippen LogP contribution in [0.2, 0.25) is 0 Å². The predicted octanol–water partition coefficient (Wildman–Crippen LogP) is 2.49. The fourth-order valence-corrected chi connectivity index (χ4v) is 3.56. The number of nitrogens with zero attached hydrogens (tertiary/aromatic N) is 1. The van der Waals surface area contributed by atoms with Gasteiger partial charge in [-0.15, -0.1) is 0 Å². The molecule has 0 spiro atoms. The molecule has 5 nitrogen and oxygen atoms in total. The Morgan fingerprint density at radius 3 is 2.52 bits per heavy atom. The molecule has 1 fully saturated rings. The van der Waals surface area contributed by atoms with Crippen LogP contribution in [-0.2, 0) is 5.41 Å². The Morgan fingerprint density at radius 1 is 1.10 bits per heavy atom. The third-order valence-electron chi connectivity index (χ3n) is 4.85. The summed E-state index contributed by atoms with van der Waals surface area (Å²) in [5.41, 5.74) is 8.06. The Bertz CT molecular complexity index is 616. The molecule has 1 aromatic heterocycles. The Labute approximate surface area is 123 Å². The number of hydrogen-bond donors (Lipinski definition) is 2. The van der Waals surface area contributed by atoms with Gasteiger partial charge in [0.2, 0.25) is 0 Å². The lowest BCUT2D eigenvalue weighted by Gasteiger charge is -2.34. The second-order valence-corrected chi connectivity index (χ2v) is 6.14. The van der Waals surface area contributed by atoms with Gasteiger partial charge >= 0.3 is 0 Å². The van der Waals surface area contributed by atoms with Crippen LogP contribution in [0.15, 0.2) is 12.1 Å². The van der Waals surface area contributed by atoms with Gasteiger partial charge in [0.25, 0.3) is 0 Å². The first-order valence-electron chi connectivity index (χ1n) is 7.81. The third-order valence-corrected chi connectivity index (χ3v) is 4.85. The number of nitrogens with one attached hydrogen (secondary N) is 1. The van der Waals surface area contributed by atoms with Crippen molar-refractivity contribution < 1.29 is 9.47 Å². The highest BCUT2D eigenvalue weighted by atomic mass is 16.6. The summed E-state index contributed by atoms with van der Waals surface area (Å²) in [7, 11) is 0. The molecule has 5 heteroatoms. The van der Waals surface area contributed by atoms with Crippen molar-refractivity contribution in [3.8, 4) is 11.5 Å². The van der Waals surface area contributed by atoms with Gasteiger partial charge in [-0.1, -0.05) is 19.3 Å².